The smallest absolute Gasteiger partial charge is 0.319 e. The summed E-state index contributed by atoms with van der Waals surface area (Å²) >= 11 is 1.36. The molecular weight excluding hydrogens is 266 g/mol. The molecule has 0 aliphatic rings. The molecule has 0 saturated heterocycles. The maximum absolute atomic E-state index is 11.3. The SMILES string of the molecule is CCC(C)(CO)Nc1ccc2scnc2c1[N+](=O)[O-]. The lowest BCUT2D eigenvalue weighted by molar-refractivity contribution is -0.382. The first-order valence-electron chi connectivity index (χ1n) is 5.90. The van der Waals surface area contributed by atoms with Gasteiger partial charge in [-0.1, -0.05) is 6.92 Å². The second kappa shape index (κ2) is 5.10. The lowest BCUT2D eigenvalue weighted by Crippen LogP contribution is -2.38. The average Bonchev–Trinajstić information content (AvgIpc) is 2.86. The van der Waals surface area contributed by atoms with Crippen LogP contribution in [0.2, 0.25) is 0 Å². The number of anilines is 1. The molecule has 1 aromatic carbocycles. The third-order valence-electron chi connectivity index (χ3n) is 3.22. The lowest BCUT2D eigenvalue weighted by Gasteiger charge is -2.28. The minimum Gasteiger partial charge on any atom is -0.394 e. The van der Waals surface area contributed by atoms with Crippen molar-refractivity contribution in [2.75, 3.05) is 11.9 Å². The first-order valence-corrected chi connectivity index (χ1v) is 6.78. The van der Waals surface area contributed by atoms with Crippen LogP contribution in [0.5, 0.6) is 0 Å². The van der Waals surface area contributed by atoms with Gasteiger partial charge in [-0.2, -0.15) is 0 Å². The van der Waals surface area contributed by atoms with Crippen LogP contribution in [-0.4, -0.2) is 27.2 Å². The van der Waals surface area contributed by atoms with Crippen LogP contribution >= 0.6 is 11.3 Å². The monoisotopic (exact) mass is 281 g/mol. The van der Waals surface area contributed by atoms with Crippen LogP contribution in [0, 0.1) is 10.1 Å². The molecule has 1 aromatic heterocycles. The summed E-state index contributed by atoms with van der Waals surface area (Å²) in [4.78, 5) is 14.9. The highest BCUT2D eigenvalue weighted by Gasteiger charge is 2.27. The van der Waals surface area contributed by atoms with Crippen LogP contribution in [0.1, 0.15) is 20.3 Å². The number of nitro groups is 1. The van der Waals surface area contributed by atoms with E-state index in [4.69, 9.17) is 0 Å². The van der Waals surface area contributed by atoms with Crippen molar-refractivity contribution < 1.29 is 10.0 Å². The van der Waals surface area contributed by atoms with Crippen molar-refractivity contribution in [2.45, 2.75) is 25.8 Å². The quantitative estimate of drug-likeness (QED) is 0.650. The zero-order chi connectivity index (χ0) is 14.0. The zero-order valence-corrected chi connectivity index (χ0v) is 11.5. The Hall–Kier alpha value is -1.73. The van der Waals surface area contributed by atoms with E-state index in [9.17, 15) is 15.2 Å². The Morgan fingerprint density at radius 3 is 2.89 bits per heavy atom. The second-order valence-electron chi connectivity index (χ2n) is 4.62. The summed E-state index contributed by atoms with van der Waals surface area (Å²) in [5.74, 6) is 0. The highest BCUT2D eigenvalue weighted by molar-refractivity contribution is 7.16. The van der Waals surface area contributed by atoms with Crippen molar-refractivity contribution in [1.82, 2.24) is 4.98 Å². The van der Waals surface area contributed by atoms with E-state index < -0.39 is 10.5 Å². The van der Waals surface area contributed by atoms with Gasteiger partial charge in [0.25, 0.3) is 0 Å². The number of aliphatic hydroxyl groups excluding tert-OH is 1. The Bertz CT molecular complexity index is 607. The minimum absolute atomic E-state index is 0.0353. The summed E-state index contributed by atoms with van der Waals surface area (Å²) in [6.07, 6.45) is 0.649. The van der Waals surface area contributed by atoms with Gasteiger partial charge in [0.15, 0.2) is 5.52 Å². The van der Waals surface area contributed by atoms with Gasteiger partial charge in [-0.15, -0.1) is 11.3 Å². The standard InChI is InChI=1S/C12H15N3O3S/c1-3-12(2,6-16)14-8-4-5-9-10(13-7-19-9)11(8)15(17)18/h4-5,7,14,16H,3,6H2,1-2H3. The van der Waals surface area contributed by atoms with E-state index in [1.807, 2.05) is 13.8 Å². The largest absolute Gasteiger partial charge is 0.394 e. The van der Waals surface area contributed by atoms with E-state index in [2.05, 4.69) is 10.3 Å². The molecule has 1 heterocycles. The summed E-state index contributed by atoms with van der Waals surface area (Å²) < 4.78 is 0.777. The summed E-state index contributed by atoms with van der Waals surface area (Å²) in [7, 11) is 0. The third kappa shape index (κ3) is 2.52. The Balaban J connectivity index is 2.54. The third-order valence-corrected chi connectivity index (χ3v) is 4.02. The van der Waals surface area contributed by atoms with Gasteiger partial charge in [0, 0.05) is 0 Å². The Kier molecular flexibility index (Phi) is 3.68. The van der Waals surface area contributed by atoms with Crippen molar-refractivity contribution in [3.63, 3.8) is 0 Å². The van der Waals surface area contributed by atoms with Gasteiger partial charge < -0.3 is 10.4 Å². The van der Waals surface area contributed by atoms with Crippen molar-refractivity contribution >= 4 is 32.9 Å². The molecule has 102 valence electrons. The summed E-state index contributed by atoms with van der Waals surface area (Å²) in [5.41, 5.74) is 1.74. The predicted octanol–water partition coefficient (Wildman–Crippen LogP) is 2.78. The molecule has 0 aliphatic carbocycles. The van der Waals surface area contributed by atoms with Crippen molar-refractivity contribution in [2.24, 2.45) is 0 Å². The molecule has 1 atom stereocenters. The molecule has 0 amide bonds. The number of nitro benzene ring substituents is 1. The van der Waals surface area contributed by atoms with Crippen LogP contribution < -0.4 is 5.32 Å². The van der Waals surface area contributed by atoms with Crippen LogP contribution in [0.4, 0.5) is 11.4 Å². The van der Waals surface area contributed by atoms with Crippen LogP contribution in [-0.2, 0) is 0 Å². The normalized spacial score (nSPS) is 14.3. The van der Waals surface area contributed by atoms with E-state index in [0.29, 0.717) is 17.6 Å². The highest BCUT2D eigenvalue weighted by Crippen LogP contribution is 2.36. The highest BCUT2D eigenvalue weighted by atomic mass is 32.1. The first-order chi connectivity index (χ1) is 9.00. The fraction of sp³-hybridized carbons (Fsp3) is 0.417. The minimum atomic E-state index is -0.589. The second-order valence-corrected chi connectivity index (χ2v) is 5.50. The van der Waals surface area contributed by atoms with Gasteiger partial charge in [-0.05, 0) is 25.5 Å². The summed E-state index contributed by atoms with van der Waals surface area (Å²) in [5, 5.41) is 23.7. The summed E-state index contributed by atoms with van der Waals surface area (Å²) in [6.45, 7) is 3.63. The number of aromatic nitrogens is 1. The zero-order valence-electron chi connectivity index (χ0n) is 10.7. The molecular formula is C12H15N3O3S. The van der Waals surface area contributed by atoms with Gasteiger partial charge >= 0.3 is 5.69 Å². The van der Waals surface area contributed by atoms with E-state index in [1.54, 1.807) is 17.6 Å². The molecule has 0 bridgehead atoms. The number of hydrogen-bond donors (Lipinski definition) is 2. The Morgan fingerprint density at radius 2 is 2.32 bits per heavy atom. The van der Waals surface area contributed by atoms with E-state index in [1.165, 1.54) is 11.3 Å². The van der Waals surface area contributed by atoms with Crippen LogP contribution in [0.15, 0.2) is 17.6 Å². The maximum atomic E-state index is 11.3. The van der Waals surface area contributed by atoms with E-state index in [-0.39, 0.29) is 12.3 Å². The summed E-state index contributed by atoms with van der Waals surface area (Å²) in [6, 6.07) is 3.47. The molecule has 0 saturated carbocycles. The first kappa shape index (κ1) is 13.7. The number of hydrogen-bond acceptors (Lipinski definition) is 6. The molecule has 7 heteroatoms. The number of nitrogens with one attached hydrogen (secondary N) is 1. The Morgan fingerprint density at radius 1 is 1.58 bits per heavy atom. The van der Waals surface area contributed by atoms with Gasteiger partial charge in [-0.25, -0.2) is 4.98 Å². The molecule has 19 heavy (non-hydrogen) atoms. The molecule has 2 aromatic rings. The van der Waals surface area contributed by atoms with E-state index >= 15 is 0 Å². The molecule has 6 nitrogen and oxygen atoms in total. The van der Waals surface area contributed by atoms with Gasteiger partial charge in [-0.3, -0.25) is 10.1 Å². The fourth-order valence-corrected chi connectivity index (χ4v) is 2.45. The van der Waals surface area contributed by atoms with Crippen LogP contribution in [0.3, 0.4) is 0 Å². The van der Waals surface area contributed by atoms with E-state index in [0.717, 1.165) is 4.70 Å². The number of thiazole rings is 1. The molecule has 0 spiro atoms. The number of fused-ring (bicyclic) bond motifs is 1. The lowest BCUT2D eigenvalue weighted by atomic mass is 9.99. The molecule has 0 aliphatic heterocycles. The fourth-order valence-electron chi connectivity index (χ4n) is 1.77. The Labute approximate surface area is 114 Å². The maximum Gasteiger partial charge on any atom is 0.319 e. The van der Waals surface area contributed by atoms with Crippen molar-refractivity contribution in [3.8, 4) is 0 Å². The number of aliphatic hydroxyl groups is 1. The average molecular weight is 281 g/mol. The van der Waals surface area contributed by atoms with Crippen molar-refractivity contribution in [3.05, 3.63) is 27.8 Å². The number of nitrogens with zero attached hydrogens (tertiary/aromatic N) is 2. The molecule has 1 unspecified atom stereocenters. The number of benzene rings is 1. The number of rotatable bonds is 5. The van der Waals surface area contributed by atoms with Crippen molar-refractivity contribution in [1.29, 1.82) is 0 Å². The van der Waals surface area contributed by atoms with Gasteiger partial charge in [0.1, 0.15) is 5.69 Å². The molecule has 2 rings (SSSR count). The molecule has 2 N–H and O–H groups in total. The topological polar surface area (TPSA) is 88.3 Å². The molecule has 0 radical (unpaired) electrons. The van der Waals surface area contributed by atoms with Gasteiger partial charge in [0.05, 0.1) is 27.3 Å². The van der Waals surface area contributed by atoms with Crippen LogP contribution in [0.25, 0.3) is 10.2 Å². The molecule has 0 fully saturated rings. The predicted molar refractivity (Wildman–Crippen MR) is 75.7 cm³/mol. The van der Waals surface area contributed by atoms with Gasteiger partial charge in [0.2, 0.25) is 0 Å².